The molecular weight excluding hydrogens is 242 g/mol. The van der Waals surface area contributed by atoms with Gasteiger partial charge in [0.2, 0.25) is 5.88 Å². The summed E-state index contributed by atoms with van der Waals surface area (Å²) in [6.07, 6.45) is 2.07. The van der Waals surface area contributed by atoms with Gasteiger partial charge in [-0.1, -0.05) is 6.07 Å². The number of carbonyl (C=O) groups is 1. The van der Waals surface area contributed by atoms with Crippen LogP contribution in [0.2, 0.25) is 0 Å². The zero-order valence-electron chi connectivity index (χ0n) is 11.4. The van der Waals surface area contributed by atoms with Crippen molar-refractivity contribution in [2.75, 3.05) is 13.7 Å². The van der Waals surface area contributed by atoms with Crippen LogP contribution in [0.1, 0.15) is 18.1 Å². The molecule has 1 aromatic carbocycles. The Kier molecular flexibility index (Phi) is 4.00. The molecule has 0 spiro atoms. The summed E-state index contributed by atoms with van der Waals surface area (Å²) in [5.74, 6) is 0.365. The standard InChI is InChI=1S/C15H17NO3/c1-4-19-15(17)8-11-6-12-7-14(18-3)16-9-13(12)5-10(11)2/h5-7,9H,4,8H2,1-3H3. The van der Waals surface area contributed by atoms with Crippen molar-refractivity contribution in [1.82, 2.24) is 4.98 Å². The molecule has 1 heterocycles. The van der Waals surface area contributed by atoms with E-state index in [-0.39, 0.29) is 5.97 Å². The molecule has 0 N–H and O–H groups in total. The van der Waals surface area contributed by atoms with Gasteiger partial charge in [0.1, 0.15) is 0 Å². The number of hydrogen-bond acceptors (Lipinski definition) is 4. The summed E-state index contributed by atoms with van der Waals surface area (Å²) in [5.41, 5.74) is 2.03. The third-order valence-corrected chi connectivity index (χ3v) is 3.00. The number of methoxy groups -OCH3 is 1. The number of ether oxygens (including phenoxy) is 2. The highest BCUT2D eigenvalue weighted by Gasteiger charge is 2.09. The predicted molar refractivity (Wildman–Crippen MR) is 73.4 cm³/mol. The molecule has 0 saturated carbocycles. The van der Waals surface area contributed by atoms with Gasteiger partial charge in [-0.15, -0.1) is 0 Å². The summed E-state index contributed by atoms with van der Waals surface area (Å²) >= 11 is 0. The summed E-state index contributed by atoms with van der Waals surface area (Å²) < 4.78 is 10.1. The molecule has 0 aliphatic heterocycles. The van der Waals surface area contributed by atoms with Crippen molar-refractivity contribution in [3.05, 3.63) is 35.5 Å². The molecule has 1 aromatic heterocycles. The number of aromatic nitrogens is 1. The molecule has 0 amide bonds. The third kappa shape index (κ3) is 3.02. The highest BCUT2D eigenvalue weighted by Crippen LogP contribution is 2.22. The molecular formula is C15H17NO3. The number of nitrogens with zero attached hydrogens (tertiary/aromatic N) is 1. The van der Waals surface area contributed by atoms with Crippen molar-refractivity contribution in [3.63, 3.8) is 0 Å². The second-order valence-corrected chi connectivity index (χ2v) is 4.33. The number of hydrogen-bond donors (Lipinski definition) is 0. The zero-order chi connectivity index (χ0) is 13.8. The first-order valence-corrected chi connectivity index (χ1v) is 6.23. The fraction of sp³-hybridized carbons (Fsp3) is 0.333. The van der Waals surface area contributed by atoms with E-state index in [1.807, 2.05) is 32.0 Å². The Bertz CT molecular complexity index is 608. The van der Waals surface area contributed by atoms with Crippen LogP contribution in [0.5, 0.6) is 5.88 Å². The number of pyridine rings is 1. The highest BCUT2D eigenvalue weighted by atomic mass is 16.5. The first-order valence-electron chi connectivity index (χ1n) is 6.23. The van der Waals surface area contributed by atoms with Crippen LogP contribution in [0.25, 0.3) is 10.8 Å². The van der Waals surface area contributed by atoms with Crippen LogP contribution in [0.3, 0.4) is 0 Å². The molecule has 2 rings (SSSR count). The van der Waals surface area contributed by atoms with Gasteiger partial charge in [0, 0.05) is 17.6 Å². The minimum atomic E-state index is -0.203. The molecule has 0 fully saturated rings. The summed E-state index contributed by atoms with van der Waals surface area (Å²) in [4.78, 5) is 15.7. The minimum Gasteiger partial charge on any atom is -0.481 e. The Labute approximate surface area is 112 Å². The van der Waals surface area contributed by atoms with Crippen LogP contribution >= 0.6 is 0 Å². The van der Waals surface area contributed by atoms with Gasteiger partial charge in [0.15, 0.2) is 0 Å². The summed E-state index contributed by atoms with van der Waals surface area (Å²) in [6, 6.07) is 5.88. The van der Waals surface area contributed by atoms with E-state index < -0.39 is 0 Å². The van der Waals surface area contributed by atoms with Crippen molar-refractivity contribution in [2.45, 2.75) is 20.3 Å². The maximum atomic E-state index is 11.6. The Morgan fingerprint density at radius 2 is 2.05 bits per heavy atom. The molecule has 0 saturated heterocycles. The van der Waals surface area contributed by atoms with Crippen LogP contribution in [-0.2, 0) is 16.0 Å². The molecule has 100 valence electrons. The Balaban J connectivity index is 2.38. The quantitative estimate of drug-likeness (QED) is 0.792. The third-order valence-electron chi connectivity index (χ3n) is 3.00. The van der Waals surface area contributed by atoms with Crippen LogP contribution in [-0.4, -0.2) is 24.7 Å². The van der Waals surface area contributed by atoms with Gasteiger partial charge in [-0.2, -0.15) is 0 Å². The molecule has 4 nitrogen and oxygen atoms in total. The summed E-state index contributed by atoms with van der Waals surface area (Å²) in [7, 11) is 1.59. The SMILES string of the molecule is CCOC(=O)Cc1cc2cc(OC)ncc2cc1C. The fourth-order valence-corrected chi connectivity index (χ4v) is 2.00. The topological polar surface area (TPSA) is 48.4 Å². The second kappa shape index (κ2) is 5.69. The average Bonchev–Trinajstić information content (AvgIpc) is 2.39. The van der Waals surface area contributed by atoms with E-state index in [1.54, 1.807) is 13.3 Å². The van der Waals surface area contributed by atoms with Crippen LogP contribution in [0, 0.1) is 6.92 Å². The molecule has 0 atom stereocenters. The second-order valence-electron chi connectivity index (χ2n) is 4.33. The lowest BCUT2D eigenvalue weighted by Crippen LogP contribution is -2.08. The zero-order valence-corrected chi connectivity index (χ0v) is 11.4. The van der Waals surface area contributed by atoms with E-state index in [0.29, 0.717) is 18.9 Å². The van der Waals surface area contributed by atoms with Gasteiger partial charge in [0.05, 0.1) is 20.1 Å². The lowest BCUT2D eigenvalue weighted by molar-refractivity contribution is -0.142. The van der Waals surface area contributed by atoms with Crippen LogP contribution < -0.4 is 4.74 Å². The van der Waals surface area contributed by atoms with Crippen molar-refractivity contribution in [1.29, 1.82) is 0 Å². The van der Waals surface area contributed by atoms with Gasteiger partial charge in [0.25, 0.3) is 0 Å². The van der Waals surface area contributed by atoms with E-state index in [1.165, 1.54) is 0 Å². The predicted octanol–water partition coefficient (Wildman–Crippen LogP) is 2.66. The number of aryl methyl sites for hydroxylation is 1. The Morgan fingerprint density at radius 3 is 2.74 bits per heavy atom. The lowest BCUT2D eigenvalue weighted by Gasteiger charge is -2.08. The first-order chi connectivity index (χ1) is 9.13. The van der Waals surface area contributed by atoms with E-state index >= 15 is 0 Å². The molecule has 0 unspecified atom stereocenters. The Hall–Kier alpha value is -2.10. The Morgan fingerprint density at radius 1 is 1.26 bits per heavy atom. The normalized spacial score (nSPS) is 10.5. The van der Waals surface area contributed by atoms with E-state index in [4.69, 9.17) is 9.47 Å². The lowest BCUT2D eigenvalue weighted by atomic mass is 10.0. The maximum Gasteiger partial charge on any atom is 0.310 e. The monoisotopic (exact) mass is 259 g/mol. The number of fused-ring (bicyclic) bond motifs is 1. The summed E-state index contributed by atoms with van der Waals surface area (Å²) in [6.45, 7) is 4.20. The number of carbonyl (C=O) groups excluding carboxylic acids is 1. The molecule has 4 heteroatoms. The number of rotatable bonds is 4. The van der Waals surface area contributed by atoms with Gasteiger partial charge in [-0.25, -0.2) is 4.98 Å². The smallest absolute Gasteiger partial charge is 0.310 e. The van der Waals surface area contributed by atoms with Crippen LogP contribution in [0.4, 0.5) is 0 Å². The van der Waals surface area contributed by atoms with Gasteiger partial charge < -0.3 is 9.47 Å². The molecule has 0 radical (unpaired) electrons. The van der Waals surface area contributed by atoms with Gasteiger partial charge in [-0.3, -0.25) is 4.79 Å². The summed E-state index contributed by atoms with van der Waals surface area (Å²) in [5, 5.41) is 2.04. The molecule has 19 heavy (non-hydrogen) atoms. The van der Waals surface area contributed by atoms with Gasteiger partial charge >= 0.3 is 5.97 Å². The number of esters is 1. The van der Waals surface area contributed by atoms with Crippen molar-refractivity contribution >= 4 is 16.7 Å². The molecule has 0 bridgehead atoms. The van der Waals surface area contributed by atoms with E-state index in [2.05, 4.69) is 4.98 Å². The van der Waals surface area contributed by atoms with E-state index in [9.17, 15) is 4.79 Å². The van der Waals surface area contributed by atoms with Crippen molar-refractivity contribution in [3.8, 4) is 5.88 Å². The van der Waals surface area contributed by atoms with Crippen molar-refractivity contribution < 1.29 is 14.3 Å². The van der Waals surface area contributed by atoms with Crippen LogP contribution in [0.15, 0.2) is 24.4 Å². The minimum absolute atomic E-state index is 0.203. The largest absolute Gasteiger partial charge is 0.481 e. The molecule has 0 aliphatic rings. The average molecular weight is 259 g/mol. The number of benzene rings is 1. The van der Waals surface area contributed by atoms with E-state index in [0.717, 1.165) is 21.9 Å². The first kappa shape index (κ1) is 13.3. The molecule has 0 aliphatic carbocycles. The highest BCUT2D eigenvalue weighted by molar-refractivity contribution is 5.85. The van der Waals surface area contributed by atoms with Crippen molar-refractivity contribution in [2.24, 2.45) is 0 Å². The molecule has 2 aromatic rings. The maximum absolute atomic E-state index is 11.6. The fourth-order valence-electron chi connectivity index (χ4n) is 2.00. The van der Waals surface area contributed by atoms with Gasteiger partial charge in [-0.05, 0) is 36.4 Å².